The molecule has 1 aromatic carbocycles. The normalized spacial score (nSPS) is 19.6. The van der Waals surface area contributed by atoms with E-state index in [9.17, 15) is 8.42 Å². The van der Waals surface area contributed by atoms with Gasteiger partial charge >= 0.3 is 0 Å². The van der Waals surface area contributed by atoms with Gasteiger partial charge in [0, 0.05) is 12.6 Å². The summed E-state index contributed by atoms with van der Waals surface area (Å²) in [6.07, 6.45) is 6.52. The standard InChI is InChI=1S/C16H26N2O2S/c1-2-5-14-7-9-16(10-8-14)21(19,20)18-13-11-15-6-3-4-12-17-15/h7-10,15,17-18H,2-6,11-13H2,1H3. The van der Waals surface area contributed by atoms with Crippen LogP contribution in [0.3, 0.4) is 0 Å². The maximum absolute atomic E-state index is 12.2. The molecule has 118 valence electrons. The van der Waals surface area contributed by atoms with Gasteiger partial charge in [0.1, 0.15) is 0 Å². The van der Waals surface area contributed by atoms with Crippen LogP contribution >= 0.6 is 0 Å². The molecule has 1 aromatic rings. The fourth-order valence-corrected chi connectivity index (χ4v) is 3.79. The first-order valence-corrected chi connectivity index (χ1v) is 9.42. The molecule has 1 aliphatic heterocycles. The second-order valence-electron chi connectivity index (χ2n) is 5.73. The van der Waals surface area contributed by atoms with Crippen LogP contribution in [0.25, 0.3) is 0 Å². The lowest BCUT2D eigenvalue weighted by Gasteiger charge is -2.23. The van der Waals surface area contributed by atoms with E-state index in [1.807, 2.05) is 12.1 Å². The molecule has 0 aromatic heterocycles. The first-order chi connectivity index (χ1) is 10.1. The molecule has 1 aliphatic rings. The molecule has 0 saturated carbocycles. The minimum atomic E-state index is -3.37. The first-order valence-electron chi connectivity index (χ1n) is 7.94. The Labute approximate surface area is 128 Å². The van der Waals surface area contributed by atoms with Gasteiger partial charge < -0.3 is 5.32 Å². The van der Waals surface area contributed by atoms with E-state index in [-0.39, 0.29) is 0 Å². The molecule has 5 heteroatoms. The summed E-state index contributed by atoms with van der Waals surface area (Å²) in [6.45, 7) is 3.67. The third-order valence-electron chi connectivity index (χ3n) is 3.97. The molecule has 2 N–H and O–H groups in total. The Morgan fingerprint density at radius 3 is 2.62 bits per heavy atom. The highest BCUT2D eigenvalue weighted by Gasteiger charge is 2.16. The summed E-state index contributed by atoms with van der Waals surface area (Å²) in [5.74, 6) is 0. The molecule has 21 heavy (non-hydrogen) atoms. The van der Waals surface area contributed by atoms with Crippen molar-refractivity contribution >= 4 is 10.0 Å². The topological polar surface area (TPSA) is 58.2 Å². The predicted octanol–water partition coefficient (Wildman–Crippen LogP) is 2.45. The SMILES string of the molecule is CCCc1ccc(S(=O)(=O)NCCC2CCCCN2)cc1. The van der Waals surface area contributed by atoms with E-state index >= 15 is 0 Å². The summed E-state index contributed by atoms with van der Waals surface area (Å²) < 4.78 is 27.1. The van der Waals surface area contributed by atoms with Crippen LogP contribution < -0.4 is 10.0 Å². The van der Waals surface area contributed by atoms with Gasteiger partial charge in [-0.15, -0.1) is 0 Å². The molecule has 2 rings (SSSR count). The summed E-state index contributed by atoms with van der Waals surface area (Å²) in [7, 11) is -3.37. The van der Waals surface area contributed by atoms with Crippen molar-refractivity contribution in [3.05, 3.63) is 29.8 Å². The van der Waals surface area contributed by atoms with E-state index in [0.717, 1.165) is 32.2 Å². The smallest absolute Gasteiger partial charge is 0.240 e. The number of piperidine rings is 1. The van der Waals surface area contributed by atoms with Crippen molar-refractivity contribution in [2.24, 2.45) is 0 Å². The van der Waals surface area contributed by atoms with Crippen molar-refractivity contribution in [3.63, 3.8) is 0 Å². The molecule has 1 atom stereocenters. The molecule has 0 bridgehead atoms. The van der Waals surface area contributed by atoms with Crippen LogP contribution in [0.5, 0.6) is 0 Å². The summed E-state index contributed by atoms with van der Waals surface area (Å²) in [5, 5.41) is 3.43. The molecule has 0 amide bonds. The van der Waals surface area contributed by atoms with Gasteiger partial charge in [-0.05, 0) is 49.9 Å². The van der Waals surface area contributed by atoms with Crippen LogP contribution in [0.15, 0.2) is 29.2 Å². The Balaban J connectivity index is 1.85. The molecule has 0 aliphatic carbocycles. The zero-order valence-electron chi connectivity index (χ0n) is 12.8. The van der Waals surface area contributed by atoms with E-state index in [2.05, 4.69) is 17.0 Å². The lowest BCUT2D eigenvalue weighted by molar-refractivity contribution is 0.382. The molecular weight excluding hydrogens is 284 g/mol. The van der Waals surface area contributed by atoms with E-state index in [4.69, 9.17) is 0 Å². The maximum atomic E-state index is 12.2. The first kappa shape index (κ1) is 16.5. The fourth-order valence-electron chi connectivity index (χ4n) is 2.75. The zero-order chi connectivity index (χ0) is 15.1. The van der Waals surface area contributed by atoms with E-state index in [0.29, 0.717) is 17.5 Å². The zero-order valence-corrected chi connectivity index (χ0v) is 13.6. The fraction of sp³-hybridized carbons (Fsp3) is 0.625. The van der Waals surface area contributed by atoms with Crippen LogP contribution in [-0.4, -0.2) is 27.5 Å². The van der Waals surface area contributed by atoms with E-state index < -0.39 is 10.0 Å². The van der Waals surface area contributed by atoms with Gasteiger partial charge in [0.2, 0.25) is 10.0 Å². The second kappa shape index (κ2) is 7.92. The quantitative estimate of drug-likeness (QED) is 0.813. The number of hydrogen-bond donors (Lipinski definition) is 2. The van der Waals surface area contributed by atoms with Gasteiger partial charge in [-0.3, -0.25) is 0 Å². The Hall–Kier alpha value is -0.910. The van der Waals surface area contributed by atoms with Crippen molar-refractivity contribution in [2.45, 2.75) is 56.4 Å². The van der Waals surface area contributed by atoms with Crippen LogP contribution in [0.4, 0.5) is 0 Å². The Bertz CT molecular complexity index is 520. The highest BCUT2D eigenvalue weighted by Crippen LogP contribution is 2.13. The Kier molecular flexibility index (Phi) is 6.21. The lowest BCUT2D eigenvalue weighted by Crippen LogP contribution is -2.37. The van der Waals surface area contributed by atoms with Gasteiger partial charge in [-0.2, -0.15) is 0 Å². The molecule has 1 heterocycles. The molecule has 0 radical (unpaired) electrons. The molecular formula is C16H26N2O2S. The summed E-state index contributed by atoms with van der Waals surface area (Å²) in [5.41, 5.74) is 1.18. The van der Waals surface area contributed by atoms with E-state index in [1.54, 1.807) is 12.1 Å². The van der Waals surface area contributed by atoms with Gasteiger partial charge in [0.05, 0.1) is 4.90 Å². The number of sulfonamides is 1. The number of benzene rings is 1. The van der Waals surface area contributed by atoms with Gasteiger partial charge in [-0.1, -0.05) is 31.9 Å². The highest BCUT2D eigenvalue weighted by molar-refractivity contribution is 7.89. The van der Waals surface area contributed by atoms with Crippen molar-refractivity contribution in [2.75, 3.05) is 13.1 Å². The van der Waals surface area contributed by atoms with E-state index in [1.165, 1.54) is 18.4 Å². The van der Waals surface area contributed by atoms with Crippen LogP contribution in [-0.2, 0) is 16.4 Å². The summed E-state index contributed by atoms with van der Waals surface area (Å²) in [4.78, 5) is 0.360. The van der Waals surface area contributed by atoms with Crippen LogP contribution in [0.2, 0.25) is 0 Å². The minimum Gasteiger partial charge on any atom is -0.314 e. The lowest BCUT2D eigenvalue weighted by atomic mass is 10.0. The third kappa shape index (κ3) is 5.09. The number of nitrogens with one attached hydrogen (secondary N) is 2. The van der Waals surface area contributed by atoms with Gasteiger partial charge in [0.25, 0.3) is 0 Å². The number of rotatable bonds is 7. The molecule has 4 nitrogen and oxygen atoms in total. The highest BCUT2D eigenvalue weighted by atomic mass is 32.2. The summed E-state index contributed by atoms with van der Waals surface area (Å²) >= 11 is 0. The number of aryl methyl sites for hydroxylation is 1. The monoisotopic (exact) mass is 310 g/mol. The van der Waals surface area contributed by atoms with Gasteiger partial charge in [-0.25, -0.2) is 13.1 Å². The van der Waals surface area contributed by atoms with Crippen molar-refractivity contribution in [1.82, 2.24) is 10.0 Å². The Morgan fingerprint density at radius 2 is 2.00 bits per heavy atom. The van der Waals surface area contributed by atoms with Crippen molar-refractivity contribution < 1.29 is 8.42 Å². The molecule has 1 fully saturated rings. The third-order valence-corrected chi connectivity index (χ3v) is 5.45. The molecule has 1 saturated heterocycles. The largest absolute Gasteiger partial charge is 0.314 e. The Morgan fingerprint density at radius 1 is 1.24 bits per heavy atom. The molecule has 1 unspecified atom stereocenters. The average molecular weight is 310 g/mol. The van der Waals surface area contributed by atoms with Gasteiger partial charge in [0.15, 0.2) is 0 Å². The number of hydrogen-bond acceptors (Lipinski definition) is 3. The van der Waals surface area contributed by atoms with Crippen LogP contribution in [0.1, 0.15) is 44.6 Å². The summed E-state index contributed by atoms with van der Waals surface area (Å²) in [6, 6.07) is 7.66. The van der Waals surface area contributed by atoms with Crippen molar-refractivity contribution in [3.8, 4) is 0 Å². The average Bonchev–Trinajstić information content (AvgIpc) is 2.49. The van der Waals surface area contributed by atoms with Crippen molar-refractivity contribution in [1.29, 1.82) is 0 Å². The predicted molar refractivity (Wildman–Crippen MR) is 85.9 cm³/mol. The van der Waals surface area contributed by atoms with Crippen LogP contribution in [0, 0.1) is 0 Å². The minimum absolute atomic E-state index is 0.360. The second-order valence-corrected chi connectivity index (χ2v) is 7.49. The maximum Gasteiger partial charge on any atom is 0.240 e. The molecule has 0 spiro atoms.